The van der Waals surface area contributed by atoms with Gasteiger partial charge in [-0.1, -0.05) is 0 Å². The van der Waals surface area contributed by atoms with E-state index in [0.29, 0.717) is 5.56 Å². The Morgan fingerprint density at radius 1 is 1.38 bits per heavy atom. The molecule has 16 heavy (non-hydrogen) atoms. The zero-order valence-corrected chi connectivity index (χ0v) is 10.6. The van der Waals surface area contributed by atoms with E-state index >= 15 is 0 Å². The van der Waals surface area contributed by atoms with Crippen molar-refractivity contribution in [3.05, 3.63) is 35.1 Å². The zero-order chi connectivity index (χ0) is 12.3. The first-order valence-electron chi connectivity index (χ1n) is 4.95. The Labute approximate surface area is 95.0 Å². The molecular weight excluding hydrogens is 227 g/mol. The van der Waals surface area contributed by atoms with Gasteiger partial charge in [0.05, 0.1) is 12.2 Å². The van der Waals surface area contributed by atoms with Gasteiger partial charge in [-0.05, 0) is 43.4 Å². The van der Waals surface area contributed by atoms with Crippen LogP contribution in [0.25, 0.3) is 0 Å². The van der Waals surface area contributed by atoms with Crippen LogP contribution < -0.4 is 0 Å². The van der Waals surface area contributed by atoms with Crippen molar-refractivity contribution in [2.45, 2.75) is 26.2 Å². The Morgan fingerprint density at radius 3 is 2.50 bits per heavy atom. The van der Waals surface area contributed by atoms with E-state index in [1.807, 2.05) is 19.6 Å². The minimum atomic E-state index is -1.67. The summed E-state index contributed by atoms with van der Waals surface area (Å²) in [5, 5.41) is 8.76. The van der Waals surface area contributed by atoms with Crippen molar-refractivity contribution in [3.63, 3.8) is 0 Å². The number of carbonyl (C=O) groups is 1. The molecule has 0 fully saturated rings. The molecular formula is C11H15FO3Si. The second-order valence-electron chi connectivity index (χ2n) is 4.55. The van der Waals surface area contributed by atoms with Gasteiger partial charge in [-0.3, -0.25) is 0 Å². The lowest BCUT2D eigenvalue weighted by atomic mass is 10.1. The molecule has 1 N–H and O–H groups in total. The molecule has 0 spiro atoms. The Morgan fingerprint density at radius 2 is 2.00 bits per heavy atom. The largest absolute Gasteiger partial charge is 0.478 e. The predicted molar refractivity (Wildman–Crippen MR) is 61.5 cm³/mol. The van der Waals surface area contributed by atoms with Crippen LogP contribution in [0.2, 0.25) is 19.6 Å². The lowest BCUT2D eigenvalue weighted by Gasteiger charge is -2.17. The smallest absolute Gasteiger partial charge is 0.335 e. The van der Waals surface area contributed by atoms with Crippen LogP contribution in [0.3, 0.4) is 0 Å². The van der Waals surface area contributed by atoms with Crippen molar-refractivity contribution in [2.75, 3.05) is 0 Å². The van der Waals surface area contributed by atoms with Gasteiger partial charge in [0.1, 0.15) is 5.82 Å². The highest BCUT2D eigenvalue weighted by Gasteiger charge is 2.15. The summed E-state index contributed by atoms with van der Waals surface area (Å²) in [4.78, 5) is 10.7. The van der Waals surface area contributed by atoms with E-state index in [4.69, 9.17) is 9.53 Å². The molecule has 0 amide bonds. The van der Waals surface area contributed by atoms with Crippen molar-refractivity contribution in [1.29, 1.82) is 0 Å². The number of benzene rings is 1. The second-order valence-corrected chi connectivity index (χ2v) is 9.07. The maximum atomic E-state index is 13.1. The highest BCUT2D eigenvalue weighted by molar-refractivity contribution is 6.69. The minimum Gasteiger partial charge on any atom is -0.478 e. The third-order valence-corrected chi connectivity index (χ3v) is 2.89. The molecule has 0 radical (unpaired) electrons. The van der Waals surface area contributed by atoms with Gasteiger partial charge in [0.15, 0.2) is 8.32 Å². The van der Waals surface area contributed by atoms with Crippen molar-refractivity contribution >= 4 is 14.3 Å². The van der Waals surface area contributed by atoms with Crippen LogP contribution >= 0.6 is 0 Å². The number of aromatic carboxylic acids is 1. The zero-order valence-electron chi connectivity index (χ0n) is 9.58. The summed E-state index contributed by atoms with van der Waals surface area (Å²) in [6.07, 6.45) is 0. The molecule has 1 rings (SSSR count). The fraction of sp³-hybridized carbons (Fsp3) is 0.364. The quantitative estimate of drug-likeness (QED) is 0.826. The summed E-state index contributed by atoms with van der Waals surface area (Å²) in [6, 6.07) is 3.73. The van der Waals surface area contributed by atoms with E-state index < -0.39 is 20.1 Å². The van der Waals surface area contributed by atoms with E-state index in [2.05, 4.69) is 0 Å². The standard InChI is InChI=1S/C11H15FO3Si/c1-16(2,3)15-7-8-4-9(11(13)14)6-10(12)5-8/h4-6H,7H2,1-3H3,(H,13,14). The number of halogens is 1. The van der Waals surface area contributed by atoms with Gasteiger partial charge in [0.25, 0.3) is 0 Å². The number of carboxylic acid groups (broad SMARTS) is 1. The highest BCUT2D eigenvalue weighted by atomic mass is 28.4. The first-order valence-corrected chi connectivity index (χ1v) is 8.35. The van der Waals surface area contributed by atoms with Crippen LogP contribution in [-0.2, 0) is 11.0 Å². The summed E-state index contributed by atoms with van der Waals surface area (Å²) in [5.74, 6) is -1.68. The average molecular weight is 242 g/mol. The molecule has 0 unspecified atom stereocenters. The van der Waals surface area contributed by atoms with Gasteiger partial charge in [-0.25, -0.2) is 9.18 Å². The molecule has 0 saturated carbocycles. The second kappa shape index (κ2) is 4.76. The van der Waals surface area contributed by atoms with E-state index in [0.717, 1.165) is 6.07 Å². The first kappa shape index (κ1) is 12.9. The van der Waals surface area contributed by atoms with Gasteiger partial charge in [-0.15, -0.1) is 0 Å². The fourth-order valence-electron chi connectivity index (χ4n) is 1.16. The molecule has 3 nitrogen and oxygen atoms in total. The summed E-state index contributed by atoms with van der Waals surface area (Å²) in [6.45, 7) is 6.31. The molecule has 0 aromatic heterocycles. The Bertz CT molecular complexity index is 399. The molecule has 0 bridgehead atoms. The van der Waals surface area contributed by atoms with E-state index in [-0.39, 0.29) is 12.2 Å². The SMILES string of the molecule is C[Si](C)(C)OCc1cc(F)cc(C(=O)O)c1. The highest BCUT2D eigenvalue weighted by Crippen LogP contribution is 2.13. The molecule has 0 atom stereocenters. The molecule has 1 aromatic rings. The van der Waals surface area contributed by atoms with Gasteiger partial charge in [0.2, 0.25) is 0 Å². The van der Waals surface area contributed by atoms with E-state index in [1.165, 1.54) is 12.1 Å². The maximum Gasteiger partial charge on any atom is 0.335 e. The number of carboxylic acids is 1. The molecule has 0 saturated heterocycles. The van der Waals surface area contributed by atoms with Gasteiger partial charge in [0, 0.05) is 0 Å². The van der Waals surface area contributed by atoms with Crippen molar-refractivity contribution in [3.8, 4) is 0 Å². The third kappa shape index (κ3) is 4.12. The number of hydrogen-bond acceptors (Lipinski definition) is 2. The van der Waals surface area contributed by atoms with Crippen molar-refractivity contribution in [2.24, 2.45) is 0 Å². The number of hydrogen-bond donors (Lipinski definition) is 1. The molecule has 0 heterocycles. The topological polar surface area (TPSA) is 46.5 Å². The number of rotatable bonds is 4. The van der Waals surface area contributed by atoms with Crippen LogP contribution in [0.5, 0.6) is 0 Å². The third-order valence-electron chi connectivity index (χ3n) is 1.88. The fourth-order valence-corrected chi connectivity index (χ4v) is 1.76. The van der Waals surface area contributed by atoms with Gasteiger partial charge in [-0.2, -0.15) is 0 Å². The maximum absolute atomic E-state index is 13.1. The Balaban J connectivity index is 2.85. The molecule has 5 heteroatoms. The average Bonchev–Trinajstić information content (AvgIpc) is 2.13. The molecule has 0 aliphatic rings. The lowest BCUT2D eigenvalue weighted by Crippen LogP contribution is -2.24. The van der Waals surface area contributed by atoms with Gasteiger partial charge >= 0.3 is 5.97 Å². The molecule has 88 valence electrons. The Kier molecular flexibility index (Phi) is 3.82. The predicted octanol–water partition coefficient (Wildman–Crippen LogP) is 2.88. The van der Waals surface area contributed by atoms with Crippen LogP contribution in [0.4, 0.5) is 4.39 Å². The molecule has 0 aliphatic heterocycles. The lowest BCUT2D eigenvalue weighted by molar-refractivity contribution is 0.0696. The van der Waals surface area contributed by atoms with Gasteiger partial charge < -0.3 is 9.53 Å². The van der Waals surface area contributed by atoms with E-state index in [1.54, 1.807) is 0 Å². The van der Waals surface area contributed by atoms with Crippen LogP contribution in [0.1, 0.15) is 15.9 Å². The summed E-state index contributed by atoms with van der Waals surface area (Å²) in [5.41, 5.74) is 0.508. The van der Waals surface area contributed by atoms with Crippen LogP contribution in [0.15, 0.2) is 18.2 Å². The summed E-state index contributed by atoms with van der Waals surface area (Å²) in [7, 11) is -1.67. The first-order chi connectivity index (χ1) is 7.28. The Hall–Kier alpha value is -1.20. The van der Waals surface area contributed by atoms with E-state index in [9.17, 15) is 9.18 Å². The van der Waals surface area contributed by atoms with Crippen molar-refractivity contribution in [1.82, 2.24) is 0 Å². The van der Waals surface area contributed by atoms with Crippen LogP contribution in [0, 0.1) is 5.82 Å². The normalized spacial score (nSPS) is 11.5. The summed E-state index contributed by atoms with van der Waals surface area (Å²) >= 11 is 0. The molecule has 0 aliphatic carbocycles. The summed E-state index contributed by atoms with van der Waals surface area (Å²) < 4.78 is 18.7. The monoisotopic (exact) mass is 242 g/mol. The molecule has 1 aromatic carbocycles. The van der Waals surface area contributed by atoms with Crippen LogP contribution in [-0.4, -0.2) is 19.4 Å². The minimum absolute atomic E-state index is 0.0471. The van der Waals surface area contributed by atoms with Crippen molar-refractivity contribution < 1.29 is 18.7 Å².